The SMILES string of the molecule is Cc1ccc(-n2c(Cc3ccccc3)nnc2SCC(=O)N2CCC(c3ccccc3)=N2)c(C)c1. The predicted octanol–water partition coefficient (Wildman–Crippen LogP) is 5.20. The second kappa shape index (κ2) is 10.3. The molecule has 4 aromatic rings. The van der Waals surface area contributed by atoms with E-state index in [2.05, 4.69) is 64.0 Å². The van der Waals surface area contributed by atoms with Gasteiger partial charge < -0.3 is 0 Å². The lowest BCUT2D eigenvalue weighted by Crippen LogP contribution is -2.25. The number of carbonyl (C=O) groups excluding carboxylic acids is 1. The molecular formula is C28H27N5OS. The van der Waals surface area contributed by atoms with Crippen molar-refractivity contribution in [3.8, 4) is 5.69 Å². The van der Waals surface area contributed by atoms with Crippen molar-refractivity contribution in [1.82, 2.24) is 19.8 Å². The average molecular weight is 482 g/mol. The smallest absolute Gasteiger partial charge is 0.253 e. The van der Waals surface area contributed by atoms with E-state index in [-0.39, 0.29) is 11.7 Å². The number of rotatable bonds is 7. The molecule has 0 N–H and O–H groups in total. The van der Waals surface area contributed by atoms with Crippen LogP contribution in [0.25, 0.3) is 5.69 Å². The summed E-state index contributed by atoms with van der Waals surface area (Å²) in [5.41, 5.74) is 6.56. The highest BCUT2D eigenvalue weighted by molar-refractivity contribution is 7.99. The number of hydrogen-bond acceptors (Lipinski definition) is 5. The maximum atomic E-state index is 13.0. The summed E-state index contributed by atoms with van der Waals surface area (Å²) >= 11 is 1.41. The molecule has 2 heterocycles. The van der Waals surface area contributed by atoms with Gasteiger partial charge >= 0.3 is 0 Å². The van der Waals surface area contributed by atoms with Crippen LogP contribution in [0.1, 0.15) is 34.5 Å². The summed E-state index contributed by atoms with van der Waals surface area (Å²) in [5, 5.41) is 15.9. The molecule has 0 atom stereocenters. The molecule has 1 aliphatic heterocycles. The Bertz CT molecular complexity index is 1360. The minimum atomic E-state index is -0.0271. The van der Waals surface area contributed by atoms with Gasteiger partial charge in [-0.1, -0.05) is 90.1 Å². The van der Waals surface area contributed by atoms with Gasteiger partial charge in [0.15, 0.2) is 5.16 Å². The Morgan fingerprint density at radius 1 is 0.943 bits per heavy atom. The molecule has 0 spiro atoms. The number of nitrogens with zero attached hydrogens (tertiary/aromatic N) is 5. The minimum Gasteiger partial charge on any atom is -0.273 e. The molecule has 6 nitrogen and oxygen atoms in total. The van der Waals surface area contributed by atoms with Gasteiger partial charge in [-0.3, -0.25) is 9.36 Å². The van der Waals surface area contributed by atoms with Crippen molar-refractivity contribution >= 4 is 23.4 Å². The topological polar surface area (TPSA) is 63.4 Å². The van der Waals surface area contributed by atoms with Gasteiger partial charge in [0.2, 0.25) is 0 Å². The Hall–Kier alpha value is -3.71. The van der Waals surface area contributed by atoms with Crippen LogP contribution in [0.15, 0.2) is 89.1 Å². The van der Waals surface area contributed by atoms with Crippen molar-refractivity contribution in [1.29, 1.82) is 0 Å². The molecule has 3 aromatic carbocycles. The van der Waals surface area contributed by atoms with Gasteiger partial charge in [-0.15, -0.1) is 10.2 Å². The van der Waals surface area contributed by atoms with E-state index in [1.165, 1.54) is 22.9 Å². The van der Waals surface area contributed by atoms with E-state index in [1.54, 1.807) is 5.01 Å². The van der Waals surface area contributed by atoms with Gasteiger partial charge in [0.25, 0.3) is 5.91 Å². The van der Waals surface area contributed by atoms with Crippen LogP contribution in [0, 0.1) is 13.8 Å². The molecule has 0 radical (unpaired) electrons. The molecule has 0 fully saturated rings. The molecule has 1 amide bonds. The maximum absolute atomic E-state index is 13.0. The summed E-state index contributed by atoms with van der Waals surface area (Å²) in [5.74, 6) is 1.07. The van der Waals surface area contributed by atoms with Gasteiger partial charge in [-0.2, -0.15) is 5.10 Å². The van der Waals surface area contributed by atoms with Crippen LogP contribution in [0.5, 0.6) is 0 Å². The summed E-state index contributed by atoms with van der Waals surface area (Å²) < 4.78 is 2.09. The molecular weight excluding hydrogens is 454 g/mol. The fourth-order valence-corrected chi connectivity index (χ4v) is 5.09. The highest BCUT2D eigenvalue weighted by Gasteiger charge is 2.23. The number of aromatic nitrogens is 3. The van der Waals surface area contributed by atoms with E-state index in [9.17, 15) is 4.79 Å². The summed E-state index contributed by atoms with van der Waals surface area (Å²) in [7, 11) is 0. The van der Waals surface area contributed by atoms with Crippen molar-refractivity contribution in [2.75, 3.05) is 12.3 Å². The van der Waals surface area contributed by atoms with Crippen LogP contribution in [-0.4, -0.2) is 43.7 Å². The molecule has 0 aliphatic carbocycles. The van der Waals surface area contributed by atoms with Gasteiger partial charge in [0.1, 0.15) is 5.82 Å². The van der Waals surface area contributed by atoms with Crippen molar-refractivity contribution in [2.24, 2.45) is 5.10 Å². The van der Waals surface area contributed by atoms with Crippen LogP contribution in [0.2, 0.25) is 0 Å². The number of aryl methyl sites for hydroxylation is 2. The number of carbonyl (C=O) groups is 1. The second-order valence-electron chi connectivity index (χ2n) is 8.65. The average Bonchev–Trinajstić information content (AvgIpc) is 3.52. The van der Waals surface area contributed by atoms with Crippen molar-refractivity contribution < 1.29 is 4.79 Å². The van der Waals surface area contributed by atoms with E-state index in [4.69, 9.17) is 0 Å². The van der Waals surface area contributed by atoms with E-state index >= 15 is 0 Å². The van der Waals surface area contributed by atoms with Crippen LogP contribution in [0.4, 0.5) is 0 Å². The quantitative estimate of drug-likeness (QED) is 0.340. The molecule has 0 saturated carbocycles. The number of benzene rings is 3. The lowest BCUT2D eigenvalue weighted by atomic mass is 10.1. The zero-order valence-electron chi connectivity index (χ0n) is 19.9. The van der Waals surface area contributed by atoms with E-state index in [1.807, 2.05) is 48.5 Å². The van der Waals surface area contributed by atoms with Crippen LogP contribution < -0.4 is 0 Å². The molecule has 1 aliphatic rings. The highest BCUT2D eigenvalue weighted by atomic mass is 32.2. The number of hydrazone groups is 1. The number of amides is 1. The molecule has 5 rings (SSSR count). The Kier molecular flexibility index (Phi) is 6.77. The Morgan fingerprint density at radius 2 is 1.69 bits per heavy atom. The first kappa shape index (κ1) is 23.1. The third-order valence-electron chi connectivity index (χ3n) is 6.02. The molecule has 176 valence electrons. The summed E-state index contributed by atoms with van der Waals surface area (Å²) in [4.78, 5) is 13.0. The monoisotopic (exact) mass is 481 g/mol. The van der Waals surface area contributed by atoms with Gasteiger partial charge in [0.05, 0.1) is 23.7 Å². The van der Waals surface area contributed by atoms with Gasteiger partial charge in [0, 0.05) is 12.8 Å². The van der Waals surface area contributed by atoms with Crippen molar-refractivity contribution in [3.63, 3.8) is 0 Å². The maximum Gasteiger partial charge on any atom is 0.253 e. The fourth-order valence-electron chi connectivity index (χ4n) is 4.26. The molecule has 35 heavy (non-hydrogen) atoms. The van der Waals surface area contributed by atoms with Gasteiger partial charge in [-0.05, 0) is 36.6 Å². The third kappa shape index (κ3) is 5.20. The summed E-state index contributed by atoms with van der Waals surface area (Å²) in [6.45, 7) is 4.79. The molecule has 0 unspecified atom stereocenters. The molecule has 7 heteroatoms. The van der Waals surface area contributed by atoms with Crippen LogP contribution in [0.3, 0.4) is 0 Å². The Balaban J connectivity index is 1.37. The van der Waals surface area contributed by atoms with E-state index < -0.39 is 0 Å². The van der Waals surface area contributed by atoms with Crippen LogP contribution in [-0.2, 0) is 11.2 Å². The zero-order valence-corrected chi connectivity index (χ0v) is 20.7. The van der Waals surface area contributed by atoms with E-state index in [0.717, 1.165) is 34.8 Å². The van der Waals surface area contributed by atoms with E-state index in [0.29, 0.717) is 18.1 Å². The summed E-state index contributed by atoms with van der Waals surface area (Å²) in [6.07, 6.45) is 1.42. The second-order valence-corrected chi connectivity index (χ2v) is 9.60. The number of hydrogen-bond donors (Lipinski definition) is 0. The minimum absolute atomic E-state index is 0.0271. The normalized spacial score (nSPS) is 13.2. The largest absolute Gasteiger partial charge is 0.273 e. The third-order valence-corrected chi connectivity index (χ3v) is 6.93. The van der Waals surface area contributed by atoms with Crippen LogP contribution >= 0.6 is 11.8 Å². The van der Waals surface area contributed by atoms with Crippen molar-refractivity contribution in [3.05, 3.63) is 107 Å². The Labute approximate surface area is 209 Å². The van der Waals surface area contributed by atoms with Crippen molar-refractivity contribution in [2.45, 2.75) is 31.8 Å². The first-order valence-corrected chi connectivity index (χ1v) is 12.7. The summed E-state index contributed by atoms with van der Waals surface area (Å²) in [6, 6.07) is 26.6. The standard InChI is InChI=1S/C28H27N5OS/c1-20-13-14-25(21(2)17-20)33-26(18-22-9-5-3-6-10-22)29-30-28(33)35-19-27(34)32-16-15-24(31-32)23-11-7-4-8-12-23/h3-14,17H,15-16,18-19H2,1-2H3. The Morgan fingerprint density at radius 3 is 2.43 bits per heavy atom. The lowest BCUT2D eigenvalue weighted by Gasteiger charge is -2.14. The lowest BCUT2D eigenvalue weighted by molar-refractivity contribution is -0.127. The predicted molar refractivity (Wildman–Crippen MR) is 140 cm³/mol. The zero-order chi connectivity index (χ0) is 24.2. The van der Waals surface area contributed by atoms with Gasteiger partial charge in [-0.25, -0.2) is 5.01 Å². The highest BCUT2D eigenvalue weighted by Crippen LogP contribution is 2.27. The fraction of sp³-hybridized carbons (Fsp3) is 0.214. The number of thioether (sulfide) groups is 1. The first-order chi connectivity index (χ1) is 17.1. The first-order valence-electron chi connectivity index (χ1n) is 11.7. The molecule has 1 aromatic heterocycles. The molecule has 0 bridgehead atoms. The molecule has 0 saturated heterocycles.